The Morgan fingerprint density at radius 1 is 0.974 bits per heavy atom. The molecule has 0 spiro atoms. The zero-order chi connectivity index (χ0) is 27.0. The number of fused-ring (bicyclic) bond motifs is 1. The molecule has 1 N–H and O–H groups in total. The maximum atomic E-state index is 13.7. The number of carbonyl (C=O) groups is 1. The Hall–Kier alpha value is -4.11. The van der Waals surface area contributed by atoms with E-state index < -0.39 is 17.1 Å². The SMILES string of the molecule is COc1cc2c(=O)n(Cc3ccc(C(=O)NC4CC4)cc3)c(=O)n(Cc3ccc(F)cc3Cl)c2cc1OC. The summed E-state index contributed by atoms with van der Waals surface area (Å²) in [5, 5.41) is 3.33. The molecule has 1 heterocycles. The number of hydrogen-bond donors (Lipinski definition) is 1. The van der Waals surface area contributed by atoms with Gasteiger partial charge in [0, 0.05) is 22.7 Å². The summed E-state index contributed by atoms with van der Waals surface area (Å²) in [5.41, 5.74) is 0.905. The van der Waals surface area contributed by atoms with Crippen LogP contribution < -0.4 is 26.0 Å². The minimum Gasteiger partial charge on any atom is -0.493 e. The lowest BCUT2D eigenvalue weighted by molar-refractivity contribution is 0.0951. The van der Waals surface area contributed by atoms with E-state index in [4.69, 9.17) is 21.1 Å². The molecule has 1 aliphatic rings. The van der Waals surface area contributed by atoms with Gasteiger partial charge in [-0.1, -0.05) is 29.8 Å². The molecule has 38 heavy (non-hydrogen) atoms. The van der Waals surface area contributed by atoms with Crippen LogP contribution in [0.5, 0.6) is 11.5 Å². The van der Waals surface area contributed by atoms with Gasteiger partial charge in [0.15, 0.2) is 11.5 Å². The van der Waals surface area contributed by atoms with Crippen molar-refractivity contribution in [3.63, 3.8) is 0 Å². The first-order valence-electron chi connectivity index (χ1n) is 12.0. The van der Waals surface area contributed by atoms with Gasteiger partial charge in [0.1, 0.15) is 5.82 Å². The highest BCUT2D eigenvalue weighted by atomic mass is 35.5. The molecule has 0 aliphatic heterocycles. The van der Waals surface area contributed by atoms with Gasteiger partial charge in [-0.2, -0.15) is 0 Å². The van der Waals surface area contributed by atoms with E-state index in [1.807, 2.05) is 0 Å². The number of methoxy groups -OCH3 is 2. The van der Waals surface area contributed by atoms with Gasteiger partial charge in [0.2, 0.25) is 0 Å². The molecule has 0 atom stereocenters. The van der Waals surface area contributed by atoms with Gasteiger partial charge in [-0.25, -0.2) is 9.18 Å². The summed E-state index contributed by atoms with van der Waals surface area (Å²) in [5.74, 6) is 0.0262. The molecule has 4 aromatic rings. The fourth-order valence-electron chi connectivity index (χ4n) is 4.30. The predicted molar refractivity (Wildman–Crippen MR) is 142 cm³/mol. The highest BCUT2D eigenvalue weighted by molar-refractivity contribution is 6.31. The summed E-state index contributed by atoms with van der Waals surface area (Å²) in [4.78, 5) is 39.6. The van der Waals surface area contributed by atoms with Crippen LogP contribution in [0.15, 0.2) is 64.2 Å². The first kappa shape index (κ1) is 25.5. The van der Waals surface area contributed by atoms with E-state index in [1.54, 1.807) is 30.3 Å². The van der Waals surface area contributed by atoms with Crippen LogP contribution in [0.2, 0.25) is 5.02 Å². The van der Waals surface area contributed by atoms with E-state index in [0.717, 1.165) is 17.4 Å². The molecule has 0 radical (unpaired) electrons. The maximum Gasteiger partial charge on any atom is 0.332 e. The Labute approximate surface area is 222 Å². The van der Waals surface area contributed by atoms with E-state index >= 15 is 0 Å². The van der Waals surface area contributed by atoms with Crippen LogP contribution in [0.1, 0.15) is 34.3 Å². The van der Waals surface area contributed by atoms with Gasteiger partial charge in [-0.05, 0) is 54.3 Å². The van der Waals surface area contributed by atoms with Gasteiger partial charge in [-0.3, -0.25) is 18.7 Å². The van der Waals surface area contributed by atoms with Crippen LogP contribution in [0, 0.1) is 5.82 Å². The maximum absolute atomic E-state index is 13.7. The summed E-state index contributed by atoms with van der Waals surface area (Å²) < 4.78 is 26.9. The van der Waals surface area contributed by atoms with Gasteiger partial charge in [0.05, 0.1) is 38.2 Å². The first-order valence-corrected chi connectivity index (χ1v) is 12.4. The number of rotatable bonds is 8. The molecule has 0 bridgehead atoms. The van der Waals surface area contributed by atoms with Crippen molar-refractivity contribution in [3.05, 3.63) is 103 Å². The molecule has 0 saturated heterocycles. The third-order valence-corrected chi connectivity index (χ3v) is 6.89. The smallest absolute Gasteiger partial charge is 0.332 e. The lowest BCUT2D eigenvalue weighted by atomic mass is 10.1. The molecule has 1 amide bonds. The van der Waals surface area contributed by atoms with Crippen molar-refractivity contribution in [1.29, 1.82) is 0 Å². The Morgan fingerprint density at radius 2 is 1.66 bits per heavy atom. The van der Waals surface area contributed by atoms with Gasteiger partial charge >= 0.3 is 5.69 Å². The standard InChI is InChI=1S/C28H25ClFN3O5/c1-37-24-12-21-23(13-25(24)38-2)32(15-18-7-8-19(30)11-22(18)29)28(36)33(27(21)35)14-16-3-5-17(6-4-16)26(34)31-20-9-10-20/h3-8,11-13,20H,9-10,14-15H2,1-2H3,(H,31,34). The Balaban J connectivity index is 1.61. The number of benzene rings is 3. The van der Waals surface area contributed by atoms with Crippen LogP contribution >= 0.6 is 11.6 Å². The number of nitrogens with one attached hydrogen (secondary N) is 1. The number of amides is 1. The minimum atomic E-state index is -0.578. The van der Waals surface area contributed by atoms with Crippen molar-refractivity contribution < 1.29 is 18.7 Å². The third kappa shape index (κ3) is 5.02. The molecule has 196 valence electrons. The number of nitrogens with zero attached hydrogens (tertiary/aromatic N) is 2. The molecule has 8 nitrogen and oxygen atoms in total. The van der Waals surface area contributed by atoms with Crippen molar-refractivity contribution in [1.82, 2.24) is 14.5 Å². The van der Waals surface area contributed by atoms with Crippen LogP contribution in [-0.4, -0.2) is 35.3 Å². The van der Waals surface area contributed by atoms with Crippen molar-refractivity contribution >= 4 is 28.4 Å². The largest absolute Gasteiger partial charge is 0.493 e. The summed E-state index contributed by atoms with van der Waals surface area (Å²) in [6.07, 6.45) is 1.97. The third-order valence-electron chi connectivity index (χ3n) is 6.54. The lowest BCUT2D eigenvalue weighted by Gasteiger charge is -2.17. The first-order chi connectivity index (χ1) is 18.3. The van der Waals surface area contributed by atoms with Crippen molar-refractivity contribution in [2.45, 2.75) is 32.0 Å². The number of aromatic nitrogens is 2. The molecule has 0 unspecified atom stereocenters. The number of hydrogen-bond acceptors (Lipinski definition) is 5. The van der Waals surface area contributed by atoms with Crippen molar-refractivity contribution in [3.8, 4) is 11.5 Å². The average Bonchev–Trinajstić information content (AvgIpc) is 3.73. The summed E-state index contributed by atoms with van der Waals surface area (Å²) in [7, 11) is 2.91. The Kier molecular flexibility index (Phi) is 6.94. The van der Waals surface area contributed by atoms with Gasteiger partial charge < -0.3 is 14.8 Å². The minimum absolute atomic E-state index is 0.00944. The predicted octanol–water partition coefficient (Wildman–Crippen LogP) is 3.96. The molecule has 1 aromatic heterocycles. The highest BCUT2D eigenvalue weighted by Gasteiger charge is 2.24. The molecule has 1 saturated carbocycles. The second-order valence-corrected chi connectivity index (χ2v) is 9.57. The molecule has 3 aromatic carbocycles. The second-order valence-electron chi connectivity index (χ2n) is 9.16. The normalized spacial score (nSPS) is 12.9. The topological polar surface area (TPSA) is 91.6 Å². The fourth-order valence-corrected chi connectivity index (χ4v) is 4.52. The summed E-state index contributed by atoms with van der Waals surface area (Å²) in [6, 6.07) is 14.0. The fraction of sp³-hybridized carbons (Fsp3) is 0.250. The van der Waals surface area contributed by atoms with Crippen molar-refractivity contribution in [2.24, 2.45) is 0 Å². The monoisotopic (exact) mass is 537 g/mol. The van der Waals surface area contributed by atoms with Crippen LogP contribution in [0.3, 0.4) is 0 Å². The number of halogens is 2. The molecule has 1 fully saturated rings. The summed E-state index contributed by atoms with van der Waals surface area (Å²) in [6.45, 7) is -0.0336. The highest BCUT2D eigenvalue weighted by Crippen LogP contribution is 2.31. The Bertz CT molecular complexity index is 1660. The lowest BCUT2D eigenvalue weighted by Crippen LogP contribution is -2.40. The van der Waals surface area contributed by atoms with E-state index in [9.17, 15) is 18.8 Å². The van der Waals surface area contributed by atoms with Gasteiger partial charge in [0.25, 0.3) is 11.5 Å². The number of carbonyl (C=O) groups excluding carboxylic acids is 1. The Morgan fingerprint density at radius 3 is 2.29 bits per heavy atom. The van der Waals surface area contributed by atoms with E-state index in [2.05, 4.69) is 5.32 Å². The molecule has 5 rings (SSSR count). The molecule has 1 aliphatic carbocycles. The molecule has 10 heteroatoms. The second kappa shape index (κ2) is 10.3. The zero-order valence-electron chi connectivity index (χ0n) is 20.8. The zero-order valence-corrected chi connectivity index (χ0v) is 21.5. The van der Waals surface area contributed by atoms with Crippen LogP contribution in [-0.2, 0) is 13.1 Å². The number of ether oxygens (including phenoxy) is 2. The van der Waals surface area contributed by atoms with Crippen LogP contribution in [0.4, 0.5) is 4.39 Å². The van der Waals surface area contributed by atoms with Crippen molar-refractivity contribution in [2.75, 3.05) is 14.2 Å². The molecular weight excluding hydrogens is 513 g/mol. The summed E-state index contributed by atoms with van der Waals surface area (Å²) >= 11 is 6.26. The quantitative estimate of drug-likeness (QED) is 0.367. The van der Waals surface area contributed by atoms with E-state index in [1.165, 1.54) is 43.1 Å². The van der Waals surface area contributed by atoms with Gasteiger partial charge in [-0.15, -0.1) is 0 Å². The van der Waals surface area contributed by atoms with E-state index in [-0.39, 0.29) is 35.4 Å². The molecular formula is C28H25ClFN3O5. The van der Waals surface area contributed by atoms with E-state index in [0.29, 0.717) is 33.7 Å². The van der Waals surface area contributed by atoms with Crippen LogP contribution in [0.25, 0.3) is 10.9 Å². The average molecular weight is 538 g/mol.